The second-order valence-corrected chi connectivity index (χ2v) is 5.13. The van der Waals surface area contributed by atoms with Crippen LogP contribution in [0.5, 0.6) is 23.0 Å². The van der Waals surface area contributed by atoms with Gasteiger partial charge in [0.15, 0.2) is 29.6 Å². The topological polar surface area (TPSA) is 102 Å². The summed E-state index contributed by atoms with van der Waals surface area (Å²) in [7, 11) is 4.51. The summed E-state index contributed by atoms with van der Waals surface area (Å²) in [5.74, 6) is 1.49. The van der Waals surface area contributed by atoms with Crippen molar-refractivity contribution in [2.45, 2.75) is 0 Å². The first kappa shape index (κ1) is 19.6. The smallest absolute Gasteiger partial charge is 0.271 e. The van der Waals surface area contributed by atoms with Crippen LogP contribution >= 0.6 is 0 Å². The third-order valence-electron chi connectivity index (χ3n) is 3.51. The highest BCUT2D eigenvalue weighted by atomic mass is 16.5. The maximum atomic E-state index is 12.2. The second-order valence-electron chi connectivity index (χ2n) is 5.13. The van der Waals surface area contributed by atoms with Gasteiger partial charge in [-0.3, -0.25) is 4.79 Å². The molecule has 140 valence electrons. The van der Waals surface area contributed by atoms with Gasteiger partial charge in [0.25, 0.3) is 5.91 Å². The molecular weight excluding hydrogens is 350 g/mol. The summed E-state index contributed by atoms with van der Waals surface area (Å²) in [4.78, 5) is 12.2. The Bertz CT molecular complexity index is 874. The number of rotatable bonds is 8. The summed E-state index contributed by atoms with van der Waals surface area (Å²) in [6.07, 6.45) is 1.47. The average Bonchev–Trinajstić information content (AvgIpc) is 2.71. The number of methoxy groups -OCH3 is 3. The van der Waals surface area contributed by atoms with Crippen molar-refractivity contribution in [3.8, 4) is 29.1 Å². The number of nitrogens with one attached hydrogen (secondary N) is 1. The van der Waals surface area contributed by atoms with Gasteiger partial charge in [-0.15, -0.1) is 0 Å². The minimum Gasteiger partial charge on any atom is -0.493 e. The van der Waals surface area contributed by atoms with E-state index in [9.17, 15) is 4.79 Å². The van der Waals surface area contributed by atoms with Crippen molar-refractivity contribution in [1.29, 1.82) is 5.26 Å². The quantitative estimate of drug-likeness (QED) is 0.566. The maximum Gasteiger partial charge on any atom is 0.271 e. The van der Waals surface area contributed by atoms with Gasteiger partial charge in [0.05, 0.1) is 27.5 Å². The van der Waals surface area contributed by atoms with Gasteiger partial charge in [0.2, 0.25) is 0 Å². The third kappa shape index (κ3) is 5.12. The summed E-state index contributed by atoms with van der Waals surface area (Å²) in [5, 5.41) is 12.5. The SMILES string of the molecule is COc1ccc(C(=O)N/N=C\c2ccc(OCC#N)c(OC)c2)cc1OC. The molecule has 0 spiro atoms. The number of ether oxygens (including phenoxy) is 4. The summed E-state index contributed by atoms with van der Waals surface area (Å²) in [6.45, 7) is -0.0782. The molecule has 2 aromatic carbocycles. The van der Waals surface area contributed by atoms with Crippen LogP contribution in [-0.2, 0) is 0 Å². The van der Waals surface area contributed by atoms with E-state index < -0.39 is 5.91 Å². The zero-order valence-corrected chi connectivity index (χ0v) is 15.2. The minimum absolute atomic E-state index is 0.0782. The van der Waals surface area contributed by atoms with Crippen LogP contribution in [0.2, 0.25) is 0 Å². The van der Waals surface area contributed by atoms with Gasteiger partial charge in [0.1, 0.15) is 6.07 Å². The van der Waals surface area contributed by atoms with E-state index in [2.05, 4.69) is 10.5 Å². The molecule has 0 saturated heterocycles. The molecule has 8 nitrogen and oxygen atoms in total. The number of carbonyl (C=O) groups is 1. The van der Waals surface area contributed by atoms with Crippen LogP contribution in [0.1, 0.15) is 15.9 Å². The zero-order valence-electron chi connectivity index (χ0n) is 15.2. The van der Waals surface area contributed by atoms with Crippen LogP contribution in [0.15, 0.2) is 41.5 Å². The molecule has 0 heterocycles. The van der Waals surface area contributed by atoms with Crippen molar-refractivity contribution < 1.29 is 23.7 Å². The highest BCUT2D eigenvalue weighted by molar-refractivity contribution is 5.95. The molecule has 0 radical (unpaired) electrons. The summed E-state index contributed by atoms with van der Waals surface area (Å²) in [5.41, 5.74) is 3.50. The van der Waals surface area contributed by atoms with E-state index in [1.165, 1.54) is 27.5 Å². The first-order valence-electron chi connectivity index (χ1n) is 7.86. The monoisotopic (exact) mass is 369 g/mol. The van der Waals surface area contributed by atoms with Gasteiger partial charge >= 0.3 is 0 Å². The molecule has 0 aliphatic heterocycles. The van der Waals surface area contributed by atoms with Crippen molar-refractivity contribution >= 4 is 12.1 Å². The molecule has 1 amide bonds. The van der Waals surface area contributed by atoms with Crippen molar-refractivity contribution in [3.05, 3.63) is 47.5 Å². The number of benzene rings is 2. The van der Waals surface area contributed by atoms with Crippen molar-refractivity contribution in [3.63, 3.8) is 0 Å². The van der Waals surface area contributed by atoms with Crippen molar-refractivity contribution in [1.82, 2.24) is 5.43 Å². The number of amides is 1. The molecule has 0 bridgehead atoms. The van der Waals surface area contributed by atoms with E-state index in [1.54, 1.807) is 36.4 Å². The molecule has 0 saturated carbocycles. The standard InChI is InChI=1S/C19H19N3O5/c1-24-15-7-5-14(11-18(15)26-3)19(23)22-21-12-13-4-6-16(27-9-8-20)17(10-13)25-2/h4-7,10-12H,9H2,1-3H3,(H,22,23)/b21-12-. The van der Waals surface area contributed by atoms with E-state index in [0.29, 0.717) is 34.1 Å². The fraction of sp³-hybridized carbons (Fsp3) is 0.211. The Kier molecular flexibility index (Phi) is 7.02. The number of nitriles is 1. The first-order valence-corrected chi connectivity index (χ1v) is 7.86. The lowest BCUT2D eigenvalue weighted by Gasteiger charge is -2.09. The van der Waals surface area contributed by atoms with E-state index in [4.69, 9.17) is 24.2 Å². The summed E-state index contributed by atoms with van der Waals surface area (Å²) in [6, 6.07) is 11.8. The van der Waals surface area contributed by atoms with Gasteiger partial charge in [-0.05, 0) is 42.0 Å². The number of hydrazone groups is 1. The minimum atomic E-state index is -0.395. The predicted octanol–water partition coefficient (Wildman–Crippen LogP) is 2.38. The highest BCUT2D eigenvalue weighted by Gasteiger charge is 2.10. The molecule has 2 rings (SSSR count). The lowest BCUT2D eigenvalue weighted by atomic mass is 10.2. The Morgan fingerprint density at radius 1 is 1.04 bits per heavy atom. The van der Waals surface area contributed by atoms with E-state index >= 15 is 0 Å². The summed E-state index contributed by atoms with van der Waals surface area (Å²) >= 11 is 0. The van der Waals surface area contributed by atoms with Gasteiger partial charge in [0, 0.05) is 5.56 Å². The fourth-order valence-electron chi connectivity index (χ4n) is 2.20. The second kappa shape index (κ2) is 9.68. The molecule has 0 aliphatic rings. The fourth-order valence-corrected chi connectivity index (χ4v) is 2.20. The van der Waals surface area contributed by atoms with Gasteiger partial charge in [-0.1, -0.05) is 0 Å². The first-order chi connectivity index (χ1) is 13.1. The van der Waals surface area contributed by atoms with Crippen molar-refractivity contribution in [2.75, 3.05) is 27.9 Å². The Labute approximate surface area is 156 Å². The zero-order chi connectivity index (χ0) is 19.6. The molecule has 0 aromatic heterocycles. The van der Waals surface area contributed by atoms with Crippen LogP contribution in [0.4, 0.5) is 0 Å². The molecule has 0 aliphatic carbocycles. The molecule has 1 N–H and O–H groups in total. The molecule has 27 heavy (non-hydrogen) atoms. The largest absolute Gasteiger partial charge is 0.493 e. The van der Waals surface area contributed by atoms with Gasteiger partial charge in [-0.2, -0.15) is 10.4 Å². The van der Waals surface area contributed by atoms with E-state index in [1.807, 2.05) is 6.07 Å². The van der Waals surface area contributed by atoms with E-state index in [0.717, 1.165) is 0 Å². The molecule has 2 aromatic rings. The van der Waals surface area contributed by atoms with Crippen LogP contribution in [0, 0.1) is 11.3 Å². The number of hydrogen-bond acceptors (Lipinski definition) is 7. The Hall–Kier alpha value is -3.73. The Balaban J connectivity index is 2.06. The van der Waals surface area contributed by atoms with Crippen LogP contribution in [0.25, 0.3) is 0 Å². The number of hydrogen-bond donors (Lipinski definition) is 1. The van der Waals surface area contributed by atoms with Crippen molar-refractivity contribution in [2.24, 2.45) is 5.10 Å². The highest BCUT2D eigenvalue weighted by Crippen LogP contribution is 2.28. The van der Waals surface area contributed by atoms with Gasteiger partial charge in [-0.25, -0.2) is 5.43 Å². The predicted molar refractivity (Wildman–Crippen MR) is 98.7 cm³/mol. The molecule has 0 atom stereocenters. The summed E-state index contributed by atoms with van der Waals surface area (Å²) < 4.78 is 20.8. The lowest BCUT2D eigenvalue weighted by Crippen LogP contribution is -2.17. The lowest BCUT2D eigenvalue weighted by molar-refractivity contribution is 0.0954. The number of carbonyl (C=O) groups excluding carboxylic acids is 1. The van der Waals surface area contributed by atoms with E-state index in [-0.39, 0.29) is 6.61 Å². The number of nitrogens with zero attached hydrogens (tertiary/aromatic N) is 2. The molecule has 0 fully saturated rings. The Morgan fingerprint density at radius 2 is 1.70 bits per heavy atom. The molecular formula is C19H19N3O5. The van der Waals surface area contributed by atoms with Crippen LogP contribution in [-0.4, -0.2) is 40.1 Å². The average molecular weight is 369 g/mol. The normalized spacial score (nSPS) is 10.1. The van der Waals surface area contributed by atoms with Crippen LogP contribution < -0.4 is 24.4 Å². The van der Waals surface area contributed by atoms with Gasteiger partial charge < -0.3 is 18.9 Å². The molecule has 0 unspecified atom stereocenters. The third-order valence-corrected chi connectivity index (χ3v) is 3.51. The maximum absolute atomic E-state index is 12.2. The Morgan fingerprint density at radius 3 is 2.37 bits per heavy atom. The molecule has 8 heteroatoms. The van der Waals surface area contributed by atoms with Crippen LogP contribution in [0.3, 0.4) is 0 Å².